The van der Waals surface area contributed by atoms with Crippen LogP contribution in [-0.4, -0.2) is 86.5 Å². The van der Waals surface area contributed by atoms with Crippen LogP contribution in [0.15, 0.2) is 30.3 Å². The highest BCUT2D eigenvalue weighted by Crippen LogP contribution is 2.45. The summed E-state index contributed by atoms with van der Waals surface area (Å²) in [5.41, 5.74) is 1.59. The van der Waals surface area contributed by atoms with Crippen LogP contribution in [0.3, 0.4) is 0 Å². The zero-order valence-electron chi connectivity index (χ0n) is 23.1. The molecule has 1 saturated heterocycles. The number of benzene rings is 2. The summed E-state index contributed by atoms with van der Waals surface area (Å²) in [6, 6.07) is 7.97. The van der Waals surface area contributed by atoms with Crippen LogP contribution in [0, 0.1) is 11.7 Å². The average molecular weight is 551 g/mol. The molecule has 0 saturated carbocycles. The van der Waals surface area contributed by atoms with E-state index in [1.165, 1.54) is 44.3 Å². The summed E-state index contributed by atoms with van der Waals surface area (Å²) in [5, 5.41) is 0.353. The molecule has 40 heavy (non-hydrogen) atoms. The van der Waals surface area contributed by atoms with E-state index in [-0.39, 0.29) is 33.9 Å². The largest absolute Gasteiger partial charge is 0.496 e. The van der Waals surface area contributed by atoms with E-state index in [4.69, 9.17) is 9.57 Å². The number of hydrogen-bond donors (Lipinski definition) is 0. The lowest BCUT2D eigenvalue weighted by Crippen LogP contribution is -2.40. The molecule has 0 radical (unpaired) electrons. The summed E-state index contributed by atoms with van der Waals surface area (Å²) in [4.78, 5) is 63.4. The van der Waals surface area contributed by atoms with Crippen LogP contribution < -0.4 is 14.5 Å². The molecule has 0 N–H and O–H groups in total. The fraction of sp³-hybridized carbons (Fsp3) is 0.379. The van der Waals surface area contributed by atoms with Gasteiger partial charge >= 0.3 is 6.09 Å². The number of carbonyl (C=O) groups is 4. The summed E-state index contributed by atoms with van der Waals surface area (Å²) < 4.78 is 19.9. The molecule has 1 aliphatic heterocycles. The zero-order valence-corrected chi connectivity index (χ0v) is 23.1. The molecule has 2 aromatic carbocycles. The SMILES string of the molecule is COc1cc2c3c(c1C(=O)N1CCC(Cc4ccc(F)cc4)CC1)C(=O)C(=O)c(c3N(C)C)n2OC(=O)N(C)C. The number of methoxy groups -OCH3 is 1. The molecule has 210 valence electrons. The first-order chi connectivity index (χ1) is 19.0. The van der Waals surface area contributed by atoms with Crippen LogP contribution in [-0.2, 0) is 6.42 Å². The maximum absolute atomic E-state index is 14.0. The molecule has 0 atom stereocenters. The van der Waals surface area contributed by atoms with Crippen LogP contribution >= 0.6 is 0 Å². The van der Waals surface area contributed by atoms with Crippen molar-refractivity contribution in [2.75, 3.05) is 53.3 Å². The van der Waals surface area contributed by atoms with Crippen molar-refractivity contribution in [1.82, 2.24) is 14.5 Å². The van der Waals surface area contributed by atoms with E-state index < -0.39 is 23.6 Å². The van der Waals surface area contributed by atoms with Gasteiger partial charge < -0.3 is 24.3 Å². The minimum atomic E-state index is -0.877. The fourth-order valence-electron chi connectivity index (χ4n) is 5.54. The van der Waals surface area contributed by atoms with Crippen molar-refractivity contribution in [2.24, 2.45) is 5.92 Å². The molecule has 2 heterocycles. The summed E-state index contributed by atoms with van der Waals surface area (Å²) >= 11 is 0. The van der Waals surface area contributed by atoms with Crippen LogP contribution in [0.1, 0.15) is 49.6 Å². The van der Waals surface area contributed by atoms with Gasteiger partial charge in [-0.25, -0.2) is 9.18 Å². The number of amides is 2. The number of fused-ring (bicyclic) bond motifs is 1. The Balaban J connectivity index is 1.53. The van der Waals surface area contributed by atoms with E-state index in [9.17, 15) is 23.6 Å². The molecule has 10 nitrogen and oxygen atoms in total. The number of anilines is 1. The van der Waals surface area contributed by atoms with Crippen molar-refractivity contribution >= 4 is 40.2 Å². The second-order valence-corrected chi connectivity index (χ2v) is 10.6. The quantitative estimate of drug-likeness (QED) is 0.434. The summed E-state index contributed by atoms with van der Waals surface area (Å²) in [7, 11) is 7.80. The topological polar surface area (TPSA) is 101 Å². The molecule has 1 aliphatic carbocycles. The van der Waals surface area contributed by atoms with Gasteiger partial charge in [-0.2, -0.15) is 4.73 Å². The predicted molar refractivity (Wildman–Crippen MR) is 146 cm³/mol. The maximum atomic E-state index is 14.0. The Morgan fingerprint density at radius 2 is 1.68 bits per heavy atom. The monoisotopic (exact) mass is 550 g/mol. The molecule has 2 amide bonds. The number of ether oxygens (including phenoxy) is 1. The minimum absolute atomic E-state index is 0.0239. The second-order valence-electron chi connectivity index (χ2n) is 10.6. The molecule has 0 spiro atoms. The van der Waals surface area contributed by atoms with Gasteiger partial charge in [0.15, 0.2) is 5.69 Å². The van der Waals surface area contributed by atoms with Crippen molar-refractivity contribution in [3.8, 4) is 5.75 Å². The van der Waals surface area contributed by atoms with Crippen LogP contribution in [0.25, 0.3) is 10.9 Å². The Bertz CT molecular complexity index is 1530. The fourth-order valence-corrected chi connectivity index (χ4v) is 5.54. The first-order valence-electron chi connectivity index (χ1n) is 13.0. The lowest BCUT2D eigenvalue weighted by atomic mass is 9.88. The number of nitrogens with zero attached hydrogens (tertiary/aromatic N) is 4. The summed E-state index contributed by atoms with van der Waals surface area (Å²) in [5.74, 6) is -1.97. The van der Waals surface area contributed by atoms with Crippen molar-refractivity contribution < 1.29 is 33.1 Å². The minimum Gasteiger partial charge on any atom is -0.496 e. The number of halogens is 1. The Morgan fingerprint density at radius 1 is 1.02 bits per heavy atom. The Kier molecular flexibility index (Phi) is 6.99. The highest BCUT2D eigenvalue weighted by atomic mass is 19.1. The van der Waals surface area contributed by atoms with Crippen molar-refractivity contribution in [3.63, 3.8) is 0 Å². The number of aromatic nitrogens is 1. The summed E-state index contributed by atoms with van der Waals surface area (Å²) in [6.45, 7) is 0.918. The van der Waals surface area contributed by atoms with Gasteiger partial charge in [0.25, 0.3) is 11.7 Å². The molecule has 1 aromatic heterocycles. The number of carbonyl (C=O) groups excluding carboxylic acids is 4. The molecule has 0 unspecified atom stereocenters. The number of hydrogen-bond acceptors (Lipinski definition) is 7. The molecular formula is C29H31FN4O6. The lowest BCUT2D eigenvalue weighted by Gasteiger charge is -2.33. The van der Waals surface area contributed by atoms with Gasteiger partial charge in [0, 0.05) is 52.7 Å². The van der Waals surface area contributed by atoms with E-state index >= 15 is 0 Å². The first kappa shape index (κ1) is 27.2. The molecule has 1 fully saturated rings. The normalized spacial score (nSPS) is 15.1. The highest BCUT2D eigenvalue weighted by Gasteiger charge is 2.43. The van der Waals surface area contributed by atoms with E-state index in [0.717, 1.165) is 29.6 Å². The average Bonchev–Trinajstić information content (AvgIpc) is 3.23. The Labute approximate surface area is 230 Å². The molecule has 11 heteroatoms. The summed E-state index contributed by atoms with van der Waals surface area (Å²) in [6.07, 6.45) is 1.51. The van der Waals surface area contributed by atoms with Gasteiger partial charge in [0.05, 0.1) is 29.4 Å². The third-order valence-corrected chi connectivity index (χ3v) is 7.56. The van der Waals surface area contributed by atoms with Gasteiger partial charge in [-0.1, -0.05) is 12.1 Å². The van der Waals surface area contributed by atoms with Crippen LogP contribution in [0.4, 0.5) is 14.9 Å². The highest BCUT2D eigenvalue weighted by molar-refractivity contribution is 6.56. The van der Waals surface area contributed by atoms with Crippen LogP contribution in [0.2, 0.25) is 0 Å². The van der Waals surface area contributed by atoms with Crippen molar-refractivity contribution in [3.05, 3.63) is 58.5 Å². The Hall–Kier alpha value is -4.41. The maximum Gasteiger partial charge on any atom is 0.434 e. The van der Waals surface area contributed by atoms with E-state index in [0.29, 0.717) is 30.1 Å². The number of Topliss-reactive ketones (excluding diaryl/α,β-unsaturated/α-hetero) is 2. The number of ketones is 2. The van der Waals surface area contributed by atoms with E-state index in [1.807, 2.05) is 0 Å². The number of rotatable bonds is 6. The van der Waals surface area contributed by atoms with Crippen LogP contribution in [0.5, 0.6) is 5.75 Å². The molecule has 3 aromatic rings. The molecular weight excluding hydrogens is 519 g/mol. The standard InChI is InChI=1S/C29H31FN4O6/c1-31(2)24-21-19-15-20(39-5)22(23(21)26(35)27(36)25(24)34(19)40-29(38)32(3)4)28(37)33-12-10-17(11-13-33)14-16-6-8-18(30)9-7-16/h6-9,15,17H,10-14H2,1-5H3. The predicted octanol–water partition coefficient (Wildman–Crippen LogP) is 3.44. The zero-order chi connectivity index (χ0) is 28.9. The number of piperidine rings is 1. The lowest BCUT2D eigenvalue weighted by molar-refractivity contribution is 0.0682. The van der Waals surface area contributed by atoms with E-state index in [2.05, 4.69) is 0 Å². The van der Waals surface area contributed by atoms with Gasteiger partial charge in [-0.3, -0.25) is 14.4 Å². The third kappa shape index (κ3) is 4.44. The van der Waals surface area contributed by atoms with E-state index in [1.54, 1.807) is 36.0 Å². The molecule has 2 aliphatic rings. The molecule has 2 bridgehead atoms. The van der Waals surface area contributed by atoms with Gasteiger partial charge in [-0.05, 0) is 42.9 Å². The van der Waals surface area contributed by atoms with Crippen molar-refractivity contribution in [1.29, 1.82) is 0 Å². The smallest absolute Gasteiger partial charge is 0.434 e. The third-order valence-electron chi connectivity index (χ3n) is 7.56. The second kappa shape index (κ2) is 10.3. The van der Waals surface area contributed by atoms with Gasteiger partial charge in [-0.15, -0.1) is 0 Å². The first-order valence-corrected chi connectivity index (χ1v) is 13.0. The van der Waals surface area contributed by atoms with Crippen molar-refractivity contribution in [2.45, 2.75) is 19.3 Å². The molecule has 5 rings (SSSR count). The number of likely N-dealkylation sites (tertiary alicyclic amines) is 1. The van der Waals surface area contributed by atoms with Gasteiger partial charge in [0.1, 0.15) is 11.6 Å². The Morgan fingerprint density at radius 3 is 2.25 bits per heavy atom. The van der Waals surface area contributed by atoms with Gasteiger partial charge in [0.2, 0.25) is 5.78 Å².